The fraction of sp³-hybridized carbons (Fsp3) is 0.182. The third kappa shape index (κ3) is 5.07. The van der Waals surface area contributed by atoms with E-state index in [1.807, 2.05) is 49.4 Å². The highest BCUT2D eigenvalue weighted by Crippen LogP contribution is 2.23. The van der Waals surface area contributed by atoms with Gasteiger partial charge in [-0.05, 0) is 41.0 Å². The van der Waals surface area contributed by atoms with Crippen molar-refractivity contribution in [2.24, 2.45) is 0 Å². The van der Waals surface area contributed by atoms with E-state index in [9.17, 15) is 14.0 Å². The monoisotopic (exact) mass is 379 g/mol. The lowest BCUT2D eigenvalue weighted by atomic mass is 10.00. The van der Waals surface area contributed by atoms with Crippen LogP contribution in [0.1, 0.15) is 24.1 Å². The summed E-state index contributed by atoms with van der Waals surface area (Å²) < 4.78 is 12.9. The van der Waals surface area contributed by atoms with Crippen LogP contribution in [0.5, 0.6) is 0 Å². The zero-order valence-corrected chi connectivity index (χ0v) is 15.5. The van der Waals surface area contributed by atoms with Crippen LogP contribution in [0.15, 0.2) is 66.7 Å². The summed E-state index contributed by atoms with van der Waals surface area (Å²) in [6, 6.07) is 19.2. The molecule has 0 aliphatic rings. The molecule has 1 unspecified atom stereocenters. The Bertz CT molecular complexity index is 968. The van der Waals surface area contributed by atoms with E-state index in [0.717, 1.165) is 21.9 Å². The molecule has 3 aromatic carbocycles. The van der Waals surface area contributed by atoms with Gasteiger partial charge in [-0.15, -0.1) is 0 Å². The number of urea groups is 1. The van der Waals surface area contributed by atoms with E-state index in [4.69, 9.17) is 0 Å². The third-order valence-corrected chi connectivity index (χ3v) is 4.44. The molecule has 3 rings (SSSR count). The van der Waals surface area contributed by atoms with Crippen LogP contribution in [0.2, 0.25) is 0 Å². The lowest BCUT2D eigenvalue weighted by molar-refractivity contribution is -0.120. The van der Waals surface area contributed by atoms with Crippen molar-refractivity contribution in [1.29, 1.82) is 0 Å². The maximum absolute atomic E-state index is 12.9. The Morgan fingerprint density at radius 1 is 0.929 bits per heavy atom. The molecule has 0 spiro atoms. The third-order valence-electron chi connectivity index (χ3n) is 4.44. The second kappa shape index (κ2) is 8.99. The van der Waals surface area contributed by atoms with E-state index in [1.165, 1.54) is 12.1 Å². The van der Waals surface area contributed by atoms with Crippen LogP contribution in [0, 0.1) is 5.82 Å². The van der Waals surface area contributed by atoms with E-state index in [-0.39, 0.29) is 30.9 Å². The first kappa shape index (κ1) is 19.4. The molecular formula is C22H22FN3O2. The normalized spacial score (nSPS) is 11.6. The Kier molecular flexibility index (Phi) is 6.22. The summed E-state index contributed by atoms with van der Waals surface area (Å²) in [7, 11) is 0. The van der Waals surface area contributed by atoms with E-state index >= 15 is 0 Å². The minimum Gasteiger partial charge on any atom is -0.348 e. The van der Waals surface area contributed by atoms with Gasteiger partial charge in [-0.3, -0.25) is 4.79 Å². The summed E-state index contributed by atoms with van der Waals surface area (Å²) in [5.74, 6) is -0.609. The van der Waals surface area contributed by atoms with Gasteiger partial charge < -0.3 is 16.0 Å². The van der Waals surface area contributed by atoms with Gasteiger partial charge in [0.15, 0.2) is 0 Å². The maximum atomic E-state index is 12.9. The van der Waals surface area contributed by atoms with E-state index in [1.54, 1.807) is 12.1 Å². The van der Waals surface area contributed by atoms with Gasteiger partial charge in [-0.2, -0.15) is 0 Å². The quantitative estimate of drug-likeness (QED) is 0.612. The zero-order chi connectivity index (χ0) is 19.9. The fourth-order valence-corrected chi connectivity index (χ4v) is 3.01. The number of amides is 3. The maximum Gasteiger partial charge on any atom is 0.315 e. The summed E-state index contributed by atoms with van der Waals surface area (Å²) in [4.78, 5) is 24.0. The number of carbonyl (C=O) groups excluding carboxylic acids is 2. The molecular weight excluding hydrogens is 357 g/mol. The Morgan fingerprint density at radius 2 is 1.64 bits per heavy atom. The Morgan fingerprint density at radius 3 is 2.43 bits per heavy atom. The molecule has 0 heterocycles. The minimum absolute atomic E-state index is 0.135. The number of hydrogen-bond acceptors (Lipinski definition) is 2. The Hall–Kier alpha value is -3.41. The van der Waals surface area contributed by atoms with Gasteiger partial charge in [0, 0.05) is 6.54 Å². The van der Waals surface area contributed by atoms with Gasteiger partial charge in [-0.25, -0.2) is 9.18 Å². The number of rotatable bonds is 6. The van der Waals surface area contributed by atoms with Gasteiger partial charge >= 0.3 is 6.03 Å². The van der Waals surface area contributed by atoms with Gasteiger partial charge in [-0.1, -0.05) is 54.6 Å². The lowest BCUT2D eigenvalue weighted by Crippen LogP contribution is -2.42. The van der Waals surface area contributed by atoms with Gasteiger partial charge in [0.1, 0.15) is 5.82 Å². The molecule has 0 saturated heterocycles. The molecule has 0 saturated carbocycles. The number of carbonyl (C=O) groups is 2. The van der Waals surface area contributed by atoms with Crippen molar-refractivity contribution in [3.63, 3.8) is 0 Å². The average Bonchev–Trinajstić information content (AvgIpc) is 2.71. The topological polar surface area (TPSA) is 70.2 Å². The molecule has 1 atom stereocenters. The number of nitrogens with one attached hydrogen (secondary N) is 3. The molecule has 0 aliphatic heterocycles. The van der Waals surface area contributed by atoms with E-state index in [2.05, 4.69) is 16.0 Å². The van der Waals surface area contributed by atoms with Gasteiger partial charge in [0.2, 0.25) is 5.91 Å². The molecule has 28 heavy (non-hydrogen) atoms. The van der Waals surface area contributed by atoms with Crippen molar-refractivity contribution in [1.82, 2.24) is 16.0 Å². The van der Waals surface area contributed by atoms with Crippen molar-refractivity contribution in [3.05, 3.63) is 83.7 Å². The van der Waals surface area contributed by atoms with Crippen molar-refractivity contribution in [2.45, 2.75) is 19.5 Å². The first-order valence-electron chi connectivity index (χ1n) is 9.06. The largest absolute Gasteiger partial charge is 0.348 e. The summed E-state index contributed by atoms with van der Waals surface area (Å²) >= 11 is 0. The van der Waals surface area contributed by atoms with Crippen LogP contribution < -0.4 is 16.0 Å². The molecule has 0 fully saturated rings. The van der Waals surface area contributed by atoms with Crippen molar-refractivity contribution >= 4 is 22.7 Å². The summed E-state index contributed by atoms with van der Waals surface area (Å²) in [6.07, 6.45) is 0. The van der Waals surface area contributed by atoms with Gasteiger partial charge in [0.25, 0.3) is 0 Å². The molecule has 144 valence electrons. The molecule has 3 amide bonds. The summed E-state index contributed by atoms with van der Waals surface area (Å²) in [5, 5.41) is 10.2. The molecule has 0 radical (unpaired) electrons. The molecule has 0 aliphatic carbocycles. The van der Waals surface area contributed by atoms with Gasteiger partial charge in [0.05, 0.1) is 12.6 Å². The number of halogens is 1. The second-order valence-corrected chi connectivity index (χ2v) is 6.52. The smallest absolute Gasteiger partial charge is 0.315 e. The lowest BCUT2D eigenvalue weighted by Gasteiger charge is -2.17. The molecule has 3 N–H and O–H groups in total. The fourth-order valence-electron chi connectivity index (χ4n) is 3.01. The summed E-state index contributed by atoms with van der Waals surface area (Å²) in [6.45, 7) is 2.03. The molecule has 0 aromatic heterocycles. The van der Waals surface area contributed by atoms with E-state index in [0.29, 0.717) is 0 Å². The standard InChI is InChI=1S/C22H22FN3O2/c1-15(19-8-4-6-17-5-2-3-7-20(17)19)26-21(27)14-25-22(28)24-13-16-9-11-18(23)12-10-16/h2-12,15H,13-14H2,1H3,(H,26,27)(H2,24,25,28). The van der Waals surface area contributed by atoms with Crippen LogP contribution in [-0.2, 0) is 11.3 Å². The van der Waals surface area contributed by atoms with Crippen LogP contribution in [0.4, 0.5) is 9.18 Å². The average molecular weight is 379 g/mol. The minimum atomic E-state index is -0.461. The highest BCUT2D eigenvalue weighted by molar-refractivity contribution is 5.88. The van der Waals surface area contributed by atoms with Crippen molar-refractivity contribution in [2.75, 3.05) is 6.54 Å². The number of fused-ring (bicyclic) bond motifs is 1. The predicted molar refractivity (Wildman–Crippen MR) is 107 cm³/mol. The van der Waals surface area contributed by atoms with E-state index < -0.39 is 6.03 Å². The Labute approximate surface area is 162 Å². The highest BCUT2D eigenvalue weighted by Gasteiger charge is 2.13. The Balaban J connectivity index is 1.48. The van der Waals surface area contributed by atoms with Crippen LogP contribution in [0.25, 0.3) is 10.8 Å². The summed E-state index contributed by atoms with van der Waals surface area (Å²) in [5.41, 5.74) is 1.79. The van der Waals surface area contributed by atoms with Crippen LogP contribution in [-0.4, -0.2) is 18.5 Å². The first-order chi connectivity index (χ1) is 13.5. The number of benzene rings is 3. The van der Waals surface area contributed by atoms with Crippen molar-refractivity contribution < 1.29 is 14.0 Å². The second-order valence-electron chi connectivity index (χ2n) is 6.52. The highest BCUT2D eigenvalue weighted by atomic mass is 19.1. The molecule has 0 bridgehead atoms. The predicted octanol–water partition coefficient (Wildman–Crippen LogP) is 3.66. The van der Waals surface area contributed by atoms with Crippen LogP contribution >= 0.6 is 0 Å². The zero-order valence-electron chi connectivity index (χ0n) is 15.5. The molecule has 3 aromatic rings. The van der Waals surface area contributed by atoms with Crippen LogP contribution in [0.3, 0.4) is 0 Å². The molecule has 5 nitrogen and oxygen atoms in total. The molecule has 6 heteroatoms. The van der Waals surface area contributed by atoms with Crippen molar-refractivity contribution in [3.8, 4) is 0 Å². The SMILES string of the molecule is CC(NC(=O)CNC(=O)NCc1ccc(F)cc1)c1cccc2ccccc12. The number of hydrogen-bond donors (Lipinski definition) is 3. The first-order valence-corrected chi connectivity index (χ1v) is 9.06.